The number of anilines is 1. The largest absolute Gasteiger partial charge is 0.495 e. The van der Waals surface area contributed by atoms with Crippen molar-refractivity contribution in [2.24, 2.45) is 0 Å². The van der Waals surface area contributed by atoms with Gasteiger partial charge in [-0.1, -0.05) is 17.7 Å². The maximum Gasteiger partial charge on any atom is 0.161 e. The molecule has 0 heterocycles. The topological polar surface area (TPSA) is 39.7 Å². The fourth-order valence-corrected chi connectivity index (χ4v) is 2.16. The average Bonchev–Trinajstić information content (AvgIpc) is 2.53. The van der Waals surface area contributed by atoms with Gasteiger partial charge in [0.2, 0.25) is 0 Å². The smallest absolute Gasteiger partial charge is 0.161 e. The van der Waals surface area contributed by atoms with Crippen molar-refractivity contribution in [3.8, 4) is 17.2 Å². The molecule has 4 nitrogen and oxygen atoms in total. The summed E-state index contributed by atoms with van der Waals surface area (Å²) < 4.78 is 15.7. The van der Waals surface area contributed by atoms with Crippen molar-refractivity contribution in [2.75, 3.05) is 26.6 Å². The normalized spacial score (nSPS) is 10.1. The fourth-order valence-electron chi connectivity index (χ4n) is 1.96. The average molecular weight is 308 g/mol. The Morgan fingerprint density at radius 2 is 1.57 bits per heavy atom. The first-order valence-electron chi connectivity index (χ1n) is 6.46. The highest BCUT2D eigenvalue weighted by molar-refractivity contribution is 6.32. The Kier molecular flexibility index (Phi) is 5.17. The molecule has 0 saturated heterocycles. The second-order valence-electron chi connectivity index (χ2n) is 4.39. The first-order valence-corrected chi connectivity index (χ1v) is 6.84. The van der Waals surface area contributed by atoms with Crippen LogP contribution in [0.1, 0.15) is 5.56 Å². The number of hydrogen-bond donors (Lipinski definition) is 1. The van der Waals surface area contributed by atoms with Crippen molar-refractivity contribution in [1.82, 2.24) is 0 Å². The molecule has 0 aliphatic heterocycles. The Bertz CT molecular complexity index is 616. The minimum atomic E-state index is 0.592. The van der Waals surface area contributed by atoms with Crippen LogP contribution in [0.25, 0.3) is 0 Å². The molecule has 0 bridgehead atoms. The number of halogens is 1. The molecule has 0 unspecified atom stereocenters. The predicted octanol–water partition coefficient (Wildman–Crippen LogP) is 3.98. The van der Waals surface area contributed by atoms with Gasteiger partial charge in [-0.3, -0.25) is 0 Å². The molecule has 0 saturated carbocycles. The molecule has 0 spiro atoms. The molecule has 112 valence electrons. The van der Waals surface area contributed by atoms with Crippen molar-refractivity contribution < 1.29 is 14.2 Å². The summed E-state index contributed by atoms with van der Waals surface area (Å²) in [6, 6.07) is 11.4. The van der Waals surface area contributed by atoms with E-state index in [0.29, 0.717) is 23.1 Å². The molecule has 0 aliphatic rings. The van der Waals surface area contributed by atoms with Crippen LogP contribution in [-0.2, 0) is 6.54 Å². The first kappa shape index (κ1) is 15.3. The lowest BCUT2D eigenvalue weighted by atomic mass is 10.2. The zero-order valence-corrected chi connectivity index (χ0v) is 13.0. The quantitative estimate of drug-likeness (QED) is 0.876. The first-order chi connectivity index (χ1) is 10.2. The van der Waals surface area contributed by atoms with Crippen LogP contribution in [0.4, 0.5) is 5.69 Å². The van der Waals surface area contributed by atoms with Gasteiger partial charge in [0.05, 0.1) is 26.4 Å². The van der Waals surface area contributed by atoms with Crippen LogP contribution < -0.4 is 19.5 Å². The third-order valence-corrected chi connectivity index (χ3v) is 3.41. The summed E-state index contributed by atoms with van der Waals surface area (Å²) in [4.78, 5) is 0. The lowest BCUT2D eigenvalue weighted by Crippen LogP contribution is -2.01. The third-order valence-electron chi connectivity index (χ3n) is 3.10. The van der Waals surface area contributed by atoms with E-state index in [2.05, 4.69) is 5.32 Å². The van der Waals surface area contributed by atoms with Crippen molar-refractivity contribution >= 4 is 17.3 Å². The molecule has 0 aliphatic carbocycles. The molecule has 1 N–H and O–H groups in total. The van der Waals surface area contributed by atoms with Gasteiger partial charge in [0, 0.05) is 18.3 Å². The standard InChI is InChI=1S/C16H18ClNO3/c1-19-14-7-4-11(8-16(14)21-3)10-18-12-5-6-13(17)15(9-12)20-2/h4-9,18H,10H2,1-3H3. The number of hydrogen-bond acceptors (Lipinski definition) is 4. The fraction of sp³-hybridized carbons (Fsp3) is 0.250. The van der Waals surface area contributed by atoms with Crippen molar-refractivity contribution in [3.05, 3.63) is 47.0 Å². The van der Waals surface area contributed by atoms with Crippen LogP contribution in [0, 0.1) is 0 Å². The van der Waals surface area contributed by atoms with E-state index in [9.17, 15) is 0 Å². The summed E-state index contributed by atoms with van der Waals surface area (Å²) >= 11 is 6.00. The second-order valence-corrected chi connectivity index (χ2v) is 4.80. The van der Waals surface area contributed by atoms with Gasteiger partial charge in [0.15, 0.2) is 11.5 Å². The highest BCUT2D eigenvalue weighted by Crippen LogP contribution is 2.29. The zero-order valence-electron chi connectivity index (χ0n) is 12.3. The maximum atomic E-state index is 6.00. The molecule has 2 aromatic rings. The lowest BCUT2D eigenvalue weighted by molar-refractivity contribution is 0.354. The summed E-state index contributed by atoms with van der Waals surface area (Å²) in [5.41, 5.74) is 2.02. The van der Waals surface area contributed by atoms with Crippen LogP contribution in [0.5, 0.6) is 17.2 Å². The minimum absolute atomic E-state index is 0.592. The Morgan fingerprint density at radius 1 is 0.857 bits per heavy atom. The van der Waals surface area contributed by atoms with Gasteiger partial charge < -0.3 is 19.5 Å². The molecule has 21 heavy (non-hydrogen) atoms. The number of benzene rings is 2. The molecule has 0 radical (unpaired) electrons. The maximum absolute atomic E-state index is 6.00. The molecule has 2 rings (SSSR count). The molecule has 0 aromatic heterocycles. The van der Waals surface area contributed by atoms with Gasteiger partial charge in [-0.15, -0.1) is 0 Å². The van der Waals surface area contributed by atoms with Gasteiger partial charge in [-0.05, 0) is 29.8 Å². The monoisotopic (exact) mass is 307 g/mol. The molecule has 5 heteroatoms. The van der Waals surface area contributed by atoms with Crippen molar-refractivity contribution in [3.63, 3.8) is 0 Å². The van der Waals surface area contributed by atoms with E-state index >= 15 is 0 Å². The highest BCUT2D eigenvalue weighted by atomic mass is 35.5. The molecule has 0 fully saturated rings. The van der Waals surface area contributed by atoms with E-state index < -0.39 is 0 Å². The SMILES string of the molecule is COc1cc(NCc2ccc(OC)c(OC)c2)ccc1Cl. The predicted molar refractivity (Wildman–Crippen MR) is 84.9 cm³/mol. The Morgan fingerprint density at radius 3 is 2.24 bits per heavy atom. The van der Waals surface area contributed by atoms with Crippen molar-refractivity contribution in [1.29, 1.82) is 0 Å². The van der Waals surface area contributed by atoms with Gasteiger partial charge in [-0.2, -0.15) is 0 Å². The van der Waals surface area contributed by atoms with E-state index in [1.807, 2.05) is 30.3 Å². The number of ether oxygens (including phenoxy) is 3. The molecule has 0 atom stereocenters. The second kappa shape index (κ2) is 7.09. The van der Waals surface area contributed by atoms with E-state index in [1.54, 1.807) is 27.4 Å². The third kappa shape index (κ3) is 3.73. The van der Waals surface area contributed by atoms with Gasteiger partial charge >= 0.3 is 0 Å². The lowest BCUT2D eigenvalue weighted by Gasteiger charge is -2.12. The number of methoxy groups -OCH3 is 3. The summed E-state index contributed by atoms with van der Waals surface area (Å²) in [6.45, 7) is 0.658. The Labute approximate surface area is 129 Å². The minimum Gasteiger partial charge on any atom is -0.495 e. The summed E-state index contributed by atoms with van der Waals surface area (Å²) in [5.74, 6) is 2.08. The summed E-state index contributed by atoms with van der Waals surface area (Å²) in [5, 5.41) is 3.91. The van der Waals surface area contributed by atoms with Gasteiger partial charge in [-0.25, -0.2) is 0 Å². The van der Waals surface area contributed by atoms with Crippen LogP contribution in [0.2, 0.25) is 5.02 Å². The van der Waals surface area contributed by atoms with Crippen LogP contribution in [0.3, 0.4) is 0 Å². The number of rotatable bonds is 6. The number of nitrogens with one attached hydrogen (secondary N) is 1. The van der Waals surface area contributed by atoms with E-state index in [-0.39, 0.29) is 0 Å². The van der Waals surface area contributed by atoms with Gasteiger partial charge in [0.25, 0.3) is 0 Å². The zero-order chi connectivity index (χ0) is 15.2. The van der Waals surface area contributed by atoms with E-state index in [4.69, 9.17) is 25.8 Å². The highest BCUT2D eigenvalue weighted by Gasteiger charge is 2.05. The molecule has 2 aromatic carbocycles. The van der Waals surface area contributed by atoms with Crippen LogP contribution in [-0.4, -0.2) is 21.3 Å². The van der Waals surface area contributed by atoms with E-state index in [1.165, 1.54) is 0 Å². The van der Waals surface area contributed by atoms with Crippen LogP contribution in [0.15, 0.2) is 36.4 Å². The van der Waals surface area contributed by atoms with Crippen LogP contribution >= 0.6 is 11.6 Å². The summed E-state index contributed by atoms with van der Waals surface area (Å²) in [7, 11) is 4.84. The van der Waals surface area contributed by atoms with Crippen molar-refractivity contribution in [2.45, 2.75) is 6.54 Å². The molecule has 0 amide bonds. The Balaban J connectivity index is 2.09. The Hall–Kier alpha value is -2.07. The van der Waals surface area contributed by atoms with E-state index in [0.717, 1.165) is 17.0 Å². The molecular weight excluding hydrogens is 290 g/mol. The summed E-state index contributed by atoms with van der Waals surface area (Å²) in [6.07, 6.45) is 0. The van der Waals surface area contributed by atoms with Gasteiger partial charge in [0.1, 0.15) is 5.75 Å². The molecular formula is C16H18ClNO3.